The van der Waals surface area contributed by atoms with E-state index in [1.807, 2.05) is 6.92 Å². The number of hydrogen-bond acceptors (Lipinski definition) is 6. The number of nitrogens with one attached hydrogen (secondary N) is 1. The highest BCUT2D eigenvalue weighted by molar-refractivity contribution is 5.46. The molecular weight excluding hydrogens is 244 g/mol. The number of aromatic nitrogens is 2. The molecule has 1 fully saturated rings. The molecule has 1 aromatic rings. The van der Waals surface area contributed by atoms with Crippen LogP contribution in [0.2, 0.25) is 0 Å². The summed E-state index contributed by atoms with van der Waals surface area (Å²) < 4.78 is 10.9. The Bertz CT molecular complexity index is 441. The zero-order chi connectivity index (χ0) is 13.9. The molecular formula is C13H22N4O2. The summed E-state index contributed by atoms with van der Waals surface area (Å²) in [6.07, 6.45) is 1.08. The van der Waals surface area contributed by atoms with E-state index in [1.165, 1.54) is 0 Å². The lowest BCUT2D eigenvalue weighted by Gasteiger charge is -2.29. The highest BCUT2D eigenvalue weighted by Crippen LogP contribution is 2.29. The molecule has 1 saturated heterocycles. The maximum atomic E-state index is 5.81. The maximum Gasteiger partial charge on any atom is 0.158 e. The Morgan fingerprint density at radius 1 is 1.58 bits per heavy atom. The smallest absolute Gasteiger partial charge is 0.158 e. The van der Waals surface area contributed by atoms with E-state index in [1.54, 1.807) is 6.07 Å². The molecule has 1 aromatic heterocycles. The van der Waals surface area contributed by atoms with E-state index in [-0.39, 0.29) is 11.6 Å². The molecule has 1 aliphatic heterocycles. The van der Waals surface area contributed by atoms with Gasteiger partial charge in [-0.05, 0) is 27.2 Å². The summed E-state index contributed by atoms with van der Waals surface area (Å²) >= 11 is 0. The van der Waals surface area contributed by atoms with Crippen LogP contribution in [0.5, 0.6) is 0 Å². The van der Waals surface area contributed by atoms with E-state index < -0.39 is 0 Å². The average Bonchev–Trinajstić information content (AvgIpc) is 2.66. The van der Waals surface area contributed by atoms with E-state index in [4.69, 9.17) is 15.2 Å². The second-order valence-corrected chi connectivity index (χ2v) is 5.04. The molecule has 6 nitrogen and oxygen atoms in total. The molecule has 0 saturated carbocycles. The van der Waals surface area contributed by atoms with Gasteiger partial charge in [0.1, 0.15) is 18.2 Å². The molecule has 6 heteroatoms. The van der Waals surface area contributed by atoms with Gasteiger partial charge in [-0.25, -0.2) is 9.97 Å². The Balaban J connectivity index is 2.13. The molecule has 2 unspecified atom stereocenters. The summed E-state index contributed by atoms with van der Waals surface area (Å²) in [7, 11) is 0. The predicted molar refractivity (Wildman–Crippen MR) is 73.8 cm³/mol. The van der Waals surface area contributed by atoms with Gasteiger partial charge in [-0.2, -0.15) is 0 Å². The standard InChI is InChI=1S/C13H22N4O2/c1-4-18-8-12-15-10(14)7-11(16-12)17-13(3)5-6-19-9(13)2/h7,9H,4-6,8H2,1-3H3,(H3,14,15,16,17). The Labute approximate surface area is 113 Å². The van der Waals surface area contributed by atoms with Crippen LogP contribution in [-0.2, 0) is 16.1 Å². The van der Waals surface area contributed by atoms with Crippen LogP contribution in [-0.4, -0.2) is 34.8 Å². The van der Waals surface area contributed by atoms with Gasteiger partial charge in [0.15, 0.2) is 5.82 Å². The summed E-state index contributed by atoms with van der Waals surface area (Å²) in [5.74, 6) is 1.77. The van der Waals surface area contributed by atoms with E-state index in [2.05, 4.69) is 29.1 Å². The van der Waals surface area contributed by atoms with Crippen molar-refractivity contribution in [2.45, 2.75) is 45.4 Å². The summed E-state index contributed by atoms with van der Waals surface area (Å²) in [4.78, 5) is 8.59. The zero-order valence-corrected chi connectivity index (χ0v) is 11.8. The van der Waals surface area contributed by atoms with Crippen LogP contribution < -0.4 is 11.1 Å². The molecule has 0 aliphatic carbocycles. The molecule has 1 aliphatic rings. The molecule has 2 heterocycles. The molecule has 0 aromatic carbocycles. The van der Waals surface area contributed by atoms with Gasteiger partial charge in [0.05, 0.1) is 11.6 Å². The van der Waals surface area contributed by atoms with Crippen LogP contribution in [0, 0.1) is 0 Å². The minimum absolute atomic E-state index is 0.121. The van der Waals surface area contributed by atoms with Crippen molar-refractivity contribution < 1.29 is 9.47 Å². The zero-order valence-electron chi connectivity index (χ0n) is 11.8. The molecule has 2 atom stereocenters. The van der Waals surface area contributed by atoms with Crippen molar-refractivity contribution in [3.63, 3.8) is 0 Å². The van der Waals surface area contributed by atoms with Crippen LogP contribution in [0.1, 0.15) is 33.0 Å². The molecule has 2 rings (SSSR count). The number of hydrogen-bond donors (Lipinski definition) is 2. The number of nitrogens with zero attached hydrogens (tertiary/aromatic N) is 2. The largest absolute Gasteiger partial charge is 0.384 e. The molecule has 106 valence electrons. The number of nitrogen functional groups attached to an aromatic ring is 1. The Morgan fingerprint density at radius 3 is 3.00 bits per heavy atom. The first kappa shape index (κ1) is 14.0. The van der Waals surface area contributed by atoms with Gasteiger partial charge < -0.3 is 20.5 Å². The highest BCUT2D eigenvalue weighted by Gasteiger charge is 2.37. The lowest BCUT2D eigenvalue weighted by molar-refractivity contribution is 0.105. The molecule has 3 N–H and O–H groups in total. The minimum atomic E-state index is -0.121. The monoisotopic (exact) mass is 266 g/mol. The normalized spacial score (nSPS) is 26.6. The Kier molecular flexibility index (Phi) is 4.21. The van der Waals surface area contributed by atoms with Gasteiger partial charge >= 0.3 is 0 Å². The summed E-state index contributed by atoms with van der Waals surface area (Å²) in [5, 5.41) is 3.41. The molecule has 0 amide bonds. The summed E-state index contributed by atoms with van der Waals surface area (Å²) in [6, 6.07) is 1.74. The van der Waals surface area contributed by atoms with Crippen LogP contribution in [0.25, 0.3) is 0 Å². The lowest BCUT2D eigenvalue weighted by Crippen LogP contribution is -2.41. The molecule has 19 heavy (non-hydrogen) atoms. The van der Waals surface area contributed by atoms with Gasteiger partial charge in [-0.15, -0.1) is 0 Å². The summed E-state index contributed by atoms with van der Waals surface area (Å²) in [6.45, 7) is 7.89. The van der Waals surface area contributed by atoms with Crippen molar-refractivity contribution in [3.8, 4) is 0 Å². The van der Waals surface area contributed by atoms with Crippen LogP contribution in [0.15, 0.2) is 6.07 Å². The van der Waals surface area contributed by atoms with Gasteiger partial charge in [-0.1, -0.05) is 0 Å². The van der Waals surface area contributed by atoms with Crippen molar-refractivity contribution in [1.82, 2.24) is 9.97 Å². The van der Waals surface area contributed by atoms with Gasteiger partial charge in [0, 0.05) is 19.3 Å². The third-order valence-corrected chi connectivity index (χ3v) is 3.53. The van der Waals surface area contributed by atoms with Crippen molar-refractivity contribution in [3.05, 3.63) is 11.9 Å². The topological polar surface area (TPSA) is 82.3 Å². The van der Waals surface area contributed by atoms with Crippen molar-refractivity contribution in [1.29, 1.82) is 0 Å². The van der Waals surface area contributed by atoms with Gasteiger partial charge in [0.2, 0.25) is 0 Å². The lowest BCUT2D eigenvalue weighted by atomic mass is 9.95. The fourth-order valence-corrected chi connectivity index (χ4v) is 2.13. The number of rotatable bonds is 5. The Hall–Kier alpha value is -1.40. The predicted octanol–water partition coefficient (Wildman–Crippen LogP) is 1.57. The number of ether oxygens (including phenoxy) is 2. The average molecular weight is 266 g/mol. The summed E-state index contributed by atoms with van der Waals surface area (Å²) in [5.41, 5.74) is 5.68. The van der Waals surface area contributed by atoms with E-state index in [0.717, 1.165) is 18.8 Å². The highest BCUT2D eigenvalue weighted by atomic mass is 16.5. The first-order valence-corrected chi connectivity index (χ1v) is 6.64. The van der Waals surface area contributed by atoms with Crippen LogP contribution in [0.3, 0.4) is 0 Å². The van der Waals surface area contributed by atoms with E-state index in [0.29, 0.717) is 24.9 Å². The SMILES string of the molecule is CCOCc1nc(N)cc(NC2(C)CCOC2C)n1. The number of anilines is 2. The first-order chi connectivity index (χ1) is 9.03. The van der Waals surface area contributed by atoms with Crippen molar-refractivity contribution in [2.75, 3.05) is 24.3 Å². The minimum Gasteiger partial charge on any atom is -0.384 e. The third kappa shape index (κ3) is 3.33. The second kappa shape index (κ2) is 5.71. The molecule has 0 radical (unpaired) electrons. The van der Waals surface area contributed by atoms with Crippen LogP contribution >= 0.6 is 0 Å². The fraction of sp³-hybridized carbons (Fsp3) is 0.692. The van der Waals surface area contributed by atoms with E-state index >= 15 is 0 Å². The Morgan fingerprint density at radius 2 is 2.37 bits per heavy atom. The molecule has 0 bridgehead atoms. The van der Waals surface area contributed by atoms with Crippen LogP contribution in [0.4, 0.5) is 11.6 Å². The molecule has 0 spiro atoms. The van der Waals surface area contributed by atoms with Gasteiger partial charge in [0.25, 0.3) is 0 Å². The second-order valence-electron chi connectivity index (χ2n) is 5.04. The van der Waals surface area contributed by atoms with Gasteiger partial charge in [-0.3, -0.25) is 0 Å². The maximum absolute atomic E-state index is 5.81. The van der Waals surface area contributed by atoms with Crippen molar-refractivity contribution in [2.24, 2.45) is 0 Å². The van der Waals surface area contributed by atoms with Crippen molar-refractivity contribution >= 4 is 11.6 Å². The first-order valence-electron chi connectivity index (χ1n) is 6.64. The number of nitrogens with two attached hydrogens (primary N) is 1. The fourth-order valence-electron chi connectivity index (χ4n) is 2.13. The quantitative estimate of drug-likeness (QED) is 0.842. The van der Waals surface area contributed by atoms with E-state index in [9.17, 15) is 0 Å². The third-order valence-electron chi connectivity index (χ3n) is 3.53.